The molecule has 108 valence electrons. The van der Waals surface area contributed by atoms with Crippen LogP contribution in [0, 0.1) is 0 Å². The van der Waals surface area contributed by atoms with Gasteiger partial charge in [-0.05, 0) is 6.42 Å². The molecule has 0 atom stereocenters. The van der Waals surface area contributed by atoms with E-state index in [2.05, 4.69) is 22.5 Å². The highest BCUT2D eigenvalue weighted by molar-refractivity contribution is 7.91. The van der Waals surface area contributed by atoms with Crippen molar-refractivity contribution in [3.63, 3.8) is 0 Å². The standard InChI is InChI=1S/C12H27N3O2S/c1-4-6-7-8-9-14-12(13-3)15-10-11-18(16,17)5-2/h4-11H2,1-3H3,(H2,13,14,15). The molecule has 0 aliphatic rings. The summed E-state index contributed by atoms with van der Waals surface area (Å²) < 4.78 is 22.6. The van der Waals surface area contributed by atoms with Gasteiger partial charge >= 0.3 is 0 Å². The zero-order valence-electron chi connectivity index (χ0n) is 11.8. The van der Waals surface area contributed by atoms with Gasteiger partial charge in [0, 0.05) is 25.9 Å². The van der Waals surface area contributed by atoms with Gasteiger partial charge in [0.25, 0.3) is 0 Å². The van der Waals surface area contributed by atoms with E-state index in [0.717, 1.165) is 13.0 Å². The highest BCUT2D eigenvalue weighted by atomic mass is 32.2. The molecular formula is C12H27N3O2S. The molecule has 0 bridgehead atoms. The Morgan fingerprint density at radius 3 is 2.28 bits per heavy atom. The van der Waals surface area contributed by atoms with Crippen LogP contribution >= 0.6 is 0 Å². The monoisotopic (exact) mass is 277 g/mol. The number of nitrogens with one attached hydrogen (secondary N) is 2. The van der Waals surface area contributed by atoms with E-state index in [4.69, 9.17) is 0 Å². The predicted molar refractivity (Wildman–Crippen MR) is 77.8 cm³/mol. The van der Waals surface area contributed by atoms with Crippen molar-refractivity contribution in [3.8, 4) is 0 Å². The quantitative estimate of drug-likeness (QED) is 0.377. The van der Waals surface area contributed by atoms with Gasteiger partial charge in [0.1, 0.15) is 0 Å². The van der Waals surface area contributed by atoms with Crippen molar-refractivity contribution in [1.29, 1.82) is 0 Å². The topological polar surface area (TPSA) is 70.6 Å². The molecule has 0 radical (unpaired) electrons. The van der Waals surface area contributed by atoms with E-state index in [0.29, 0.717) is 12.5 Å². The third-order valence-corrected chi connectivity index (χ3v) is 4.40. The van der Waals surface area contributed by atoms with E-state index in [1.165, 1.54) is 19.3 Å². The second-order valence-electron chi connectivity index (χ2n) is 4.22. The lowest BCUT2D eigenvalue weighted by atomic mass is 10.2. The van der Waals surface area contributed by atoms with Gasteiger partial charge in [-0.2, -0.15) is 0 Å². The third-order valence-electron chi connectivity index (χ3n) is 2.69. The van der Waals surface area contributed by atoms with Gasteiger partial charge in [-0.15, -0.1) is 0 Å². The van der Waals surface area contributed by atoms with Crippen molar-refractivity contribution in [2.24, 2.45) is 4.99 Å². The normalized spacial score (nSPS) is 12.5. The van der Waals surface area contributed by atoms with Gasteiger partial charge in [-0.3, -0.25) is 4.99 Å². The minimum atomic E-state index is -2.90. The van der Waals surface area contributed by atoms with Crippen molar-refractivity contribution < 1.29 is 8.42 Å². The first kappa shape index (κ1) is 17.2. The predicted octanol–water partition coefficient (Wildman–Crippen LogP) is 1.17. The maximum Gasteiger partial charge on any atom is 0.191 e. The summed E-state index contributed by atoms with van der Waals surface area (Å²) in [5.41, 5.74) is 0. The number of hydrogen-bond acceptors (Lipinski definition) is 3. The van der Waals surface area contributed by atoms with Crippen LogP contribution in [0.4, 0.5) is 0 Å². The first-order chi connectivity index (χ1) is 8.55. The highest BCUT2D eigenvalue weighted by Crippen LogP contribution is 1.96. The Morgan fingerprint density at radius 2 is 1.72 bits per heavy atom. The molecule has 0 rings (SSSR count). The van der Waals surface area contributed by atoms with E-state index in [-0.39, 0.29) is 11.5 Å². The van der Waals surface area contributed by atoms with Crippen LogP contribution in [-0.2, 0) is 9.84 Å². The van der Waals surface area contributed by atoms with Crippen LogP contribution in [0.1, 0.15) is 39.5 Å². The van der Waals surface area contributed by atoms with Gasteiger partial charge in [-0.1, -0.05) is 33.1 Å². The van der Waals surface area contributed by atoms with Gasteiger partial charge in [0.15, 0.2) is 15.8 Å². The zero-order chi connectivity index (χ0) is 13.9. The SMILES string of the molecule is CCCCCCNC(=NC)NCCS(=O)(=O)CC. The third kappa shape index (κ3) is 9.27. The lowest BCUT2D eigenvalue weighted by Gasteiger charge is -2.11. The van der Waals surface area contributed by atoms with E-state index < -0.39 is 9.84 Å². The highest BCUT2D eigenvalue weighted by Gasteiger charge is 2.06. The molecule has 0 amide bonds. The fraction of sp³-hybridized carbons (Fsp3) is 0.917. The van der Waals surface area contributed by atoms with Crippen molar-refractivity contribution in [2.45, 2.75) is 39.5 Å². The van der Waals surface area contributed by atoms with Crippen LogP contribution in [0.25, 0.3) is 0 Å². The minimum Gasteiger partial charge on any atom is -0.356 e. The number of aliphatic imine (C=N–C) groups is 1. The van der Waals surface area contributed by atoms with E-state index in [9.17, 15) is 8.42 Å². The van der Waals surface area contributed by atoms with Crippen LogP contribution in [0.15, 0.2) is 4.99 Å². The average molecular weight is 277 g/mol. The van der Waals surface area contributed by atoms with Gasteiger partial charge < -0.3 is 10.6 Å². The summed E-state index contributed by atoms with van der Waals surface area (Å²) in [6.07, 6.45) is 4.80. The molecule has 0 aliphatic heterocycles. The average Bonchev–Trinajstić information content (AvgIpc) is 2.36. The molecule has 0 spiro atoms. The molecule has 0 aromatic rings. The summed E-state index contributed by atoms with van der Waals surface area (Å²) in [7, 11) is -1.21. The Kier molecular flexibility index (Phi) is 9.73. The van der Waals surface area contributed by atoms with Gasteiger partial charge in [0.2, 0.25) is 0 Å². The molecule has 5 nitrogen and oxygen atoms in total. The molecule has 0 aromatic heterocycles. The van der Waals surface area contributed by atoms with Crippen molar-refractivity contribution in [3.05, 3.63) is 0 Å². The van der Waals surface area contributed by atoms with Crippen molar-refractivity contribution in [1.82, 2.24) is 10.6 Å². The molecule has 0 saturated carbocycles. The van der Waals surface area contributed by atoms with Gasteiger partial charge in [-0.25, -0.2) is 8.42 Å². The first-order valence-corrected chi connectivity index (χ1v) is 8.52. The molecule has 0 fully saturated rings. The van der Waals surface area contributed by atoms with Crippen LogP contribution in [0.5, 0.6) is 0 Å². The van der Waals surface area contributed by atoms with Crippen LogP contribution in [-0.4, -0.2) is 46.0 Å². The lowest BCUT2D eigenvalue weighted by Crippen LogP contribution is -2.40. The van der Waals surface area contributed by atoms with Crippen LogP contribution in [0.2, 0.25) is 0 Å². The fourth-order valence-electron chi connectivity index (χ4n) is 1.45. The van der Waals surface area contributed by atoms with Crippen LogP contribution in [0.3, 0.4) is 0 Å². The number of rotatable bonds is 9. The molecule has 2 N–H and O–H groups in total. The van der Waals surface area contributed by atoms with E-state index in [1.54, 1.807) is 14.0 Å². The molecule has 18 heavy (non-hydrogen) atoms. The Morgan fingerprint density at radius 1 is 1.06 bits per heavy atom. The zero-order valence-corrected chi connectivity index (χ0v) is 12.6. The Labute approximate surface area is 111 Å². The number of nitrogens with zero attached hydrogens (tertiary/aromatic N) is 1. The summed E-state index contributed by atoms with van der Waals surface area (Å²) in [6, 6.07) is 0. The molecule has 6 heteroatoms. The number of guanidine groups is 1. The first-order valence-electron chi connectivity index (χ1n) is 6.70. The summed E-state index contributed by atoms with van der Waals surface area (Å²) >= 11 is 0. The second kappa shape index (κ2) is 10.2. The van der Waals surface area contributed by atoms with E-state index in [1.807, 2.05) is 0 Å². The summed E-state index contributed by atoms with van der Waals surface area (Å²) in [4.78, 5) is 4.05. The maximum absolute atomic E-state index is 11.3. The van der Waals surface area contributed by atoms with Crippen molar-refractivity contribution >= 4 is 15.8 Å². The molecule has 0 aromatic carbocycles. The van der Waals surface area contributed by atoms with E-state index >= 15 is 0 Å². The Bertz CT molecular complexity index is 326. The molecule has 0 saturated heterocycles. The number of sulfone groups is 1. The molecule has 0 aliphatic carbocycles. The summed E-state index contributed by atoms with van der Waals surface area (Å²) in [5.74, 6) is 1.02. The largest absolute Gasteiger partial charge is 0.356 e. The Balaban J connectivity index is 3.72. The van der Waals surface area contributed by atoms with Crippen molar-refractivity contribution in [2.75, 3.05) is 31.6 Å². The van der Waals surface area contributed by atoms with Crippen LogP contribution < -0.4 is 10.6 Å². The maximum atomic E-state index is 11.3. The summed E-state index contributed by atoms with van der Waals surface area (Å²) in [6.45, 7) is 5.13. The molecular weight excluding hydrogens is 250 g/mol. The summed E-state index contributed by atoms with van der Waals surface area (Å²) in [5, 5.41) is 6.19. The fourth-order valence-corrected chi connectivity index (χ4v) is 2.15. The second-order valence-corrected chi connectivity index (χ2v) is 6.70. The Hall–Kier alpha value is -0.780. The number of hydrogen-bond donors (Lipinski definition) is 2. The number of unbranched alkanes of at least 4 members (excludes halogenated alkanes) is 3. The van der Waals surface area contributed by atoms with Gasteiger partial charge in [0.05, 0.1) is 5.75 Å². The smallest absolute Gasteiger partial charge is 0.191 e. The minimum absolute atomic E-state index is 0.153. The molecule has 0 heterocycles. The molecule has 0 unspecified atom stereocenters. The lowest BCUT2D eigenvalue weighted by molar-refractivity contribution is 0.595.